The monoisotopic (exact) mass is 752 g/mol. The molecular formula is C43H33BrN2O6. The number of amides is 2. The van der Waals surface area contributed by atoms with Crippen LogP contribution < -0.4 is 9.64 Å². The molecule has 1 aromatic heterocycles. The number of carbonyl (C=O) groups excluding carboxylic acids is 4. The fourth-order valence-electron chi connectivity index (χ4n) is 8.48. The summed E-state index contributed by atoms with van der Waals surface area (Å²) in [6.07, 6.45) is 4.39. The molecule has 4 aromatic carbocycles. The standard InChI is InChI=1S/C43H33BrN2O6/c1-23(40(47)26-9-14-29(15-10-26)51-22-24-5-3-2-4-6-24)52-43(50)35-21-37(45-36-18-11-27(44)19-34(35)36)25-7-12-28(13-8-25)46-41(48)38-30-16-17-31(33-20-32(30)33)39(38)42(46)49/h2-19,21,23,30-33,38-39H,20,22H2,1H3. The number of imide groups is 1. The van der Waals surface area contributed by atoms with Crippen molar-refractivity contribution >= 4 is 56.1 Å². The summed E-state index contributed by atoms with van der Waals surface area (Å²) in [7, 11) is 0. The van der Waals surface area contributed by atoms with E-state index in [1.807, 2.05) is 48.5 Å². The zero-order valence-electron chi connectivity index (χ0n) is 28.1. The molecule has 2 bridgehead atoms. The SMILES string of the molecule is CC(OC(=O)c1cc(-c2ccc(N3C(=O)C4C5C=CC(C6CC56)C4C3=O)cc2)nc2ccc(Br)cc12)C(=O)c1ccc(OCc2ccccc2)cc1. The second kappa shape index (κ2) is 12.7. The molecule has 3 fully saturated rings. The van der Waals surface area contributed by atoms with E-state index in [1.54, 1.807) is 61.5 Å². The average Bonchev–Trinajstić information content (AvgIpc) is 3.96. The second-order valence-electron chi connectivity index (χ2n) is 14.1. The van der Waals surface area contributed by atoms with Crippen molar-refractivity contribution in [3.05, 3.63) is 136 Å². The fourth-order valence-corrected chi connectivity index (χ4v) is 8.84. The van der Waals surface area contributed by atoms with Crippen LogP contribution >= 0.6 is 15.9 Å². The molecule has 0 spiro atoms. The van der Waals surface area contributed by atoms with E-state index in [-0.39, 0.29) is 46.8 Å². The van der Waals surface area contributed by atoms with Crippen molar-refractivity contribution < 1.29 is 28.7 Å². The summed E-state index contributed by atoms with van der Waals surface area (Å²) in [6.45, 7) is 1.96. The predicted molar refractivity (Wildman–Crippen MR) is 198 cm³/mol. The van der Waals surface area contributed by atoms with Gasteiger partial charge in [0.1, 0.15) is 12.4 Å². The van der Waals surface area contributed by atoms with Gasteiger partial charge in [0.15, 0.2) is 6.10 Å². The molecule has 2 saturated carbocycles. The van der Waals surface area contributed by atoms with Crippen LogP contribution in [0.4, 0.5) is 5.69 Å². The Morgan fingerprint density at radius 3 is 2.19 bits per heavy atom. The first-order chi connectivity index (χ1) is 25.2. The summed E-state index contributed by atoms with van der Waals surface area (Å²) in [6, 6.07) is 30.8. The van der Waals surface area contributed by atoms with Crippen molar-refractivity contribution in [3.8, 4) is 17.0 Å². The minimum atomic E-state index is -1.06. The number of esters is 1. The first-order valence-electron chi connectivity index (χ1n) is 17.5. The zero-order chi connectivity index (χ0) is 35.7. The van der Waals surface area contributed by atoms with Crippen LogP contribution in [-0.2, 0) is 20.9 Å². The van der Waals surface area contributed by atoms with Crippen molar-refractivity contribution in [2.24, 2.45) is 35.5 Å². The molecule has 2 heterocycles. The number of rotatable bonds is 9. The van der Waals surface area contributed by atoms with Crippen LogP contribution in [0.3, 0.4) is 0 Å². The molecule has 7 atom stereocenters. The van der Waals surface area contributed by atoms with Gasteiger partial charge in [0.25, 0.3) is 0 Å². The van der Waals surface area contributed by atoms with Crippen molar-refractivity contribution in [3.63, 3.8) is 0 Å². The Kier molecular flexibility index (Phi) is 7.92. The maximum absolute atomic E-state index is 13.8. The average molecular weight is 754 g/mol. The molecule has 2 amide bonds. The maximum Gasteiger partial charge on any atom is 0.339 e. The Labute approximate surface area is 308 Å². The molecule has 7 unspecified atom stereocenters. The number of fused-ring (bicyclic) bond motifs is 1. The van der Waals surface area contributed by atoms with Crippen LogP contribution in [0.25, 0.3) is 22.2 Å². The number of ether oxygens (including phenoxy) is 2. The molecule has 0 N–H and O–H groups in total. The van der Waals surface area contributed by atoms with Gasteiger partial charge >= 0.3 is 5.97 Å². The van der Waals surface area contributed by atoms with Crippen LogP contribution in [-0.4, -0.2) is 34.7 Å². The molecule has 5 aromatic rings. The van der Waals surface area contributed by atoms with Crippen LogP contribution in [0.5, 0.6) is 5.75 Å². The fraction of sp³-hybridized carbons (Fsp3) is 0.233. The predicted octanol–water partition coefficient (Wildman–Crippen LogP) is 8.23. The van der Waals surface area contributed by atoms with E-state index in [4.69, 9.17) is 14.5 Å². The number of halogens is 1. The van der Waals surface area contributed by atoms with E-state index in [9.17, 15) is 19.2 Å². The third-order valence-corrected chi connectivity index (χ3v) is 11.6. The number of anilines is 1. The highest BCUT2D eigenvalue weighted by Gasteiger charge is 2.67. The largest absolute Gasteiger partial charge is 0.489 e. The lowest BCUT2D eigenvalue weighted by molar-refractivity contribution is -0.124. The molecular weight excluding hydrogens is 720 g/mol. The Morgan fingerprint density at radius 1 is 0.846 bits per heavy atom. The molecule has 5 aliphatic rings. The summed E-state index contributed by atoms with van der Waals surface area (Å²) in [5.41, 5.74) is 3.99. The Hall–Kier alpha value is -5.41. The minimum Gasteiger partial charge on any atom is -0.489 e. The van der Waals surface area contributed by atoms with Gasteiger partial charge in [-0.25, -0.2) is 9.78 Å². The highest BCUT2D eigenvalue weighted by molar-refractivity contribution is 9.10. The number of hydrogen-bond donors (Lipinski definition) is 0. The van der Waals surface area contributed by atoms with Crippen LogP contribution in [0, 0.1) is 35.5 Å². The Bertz CT molecular complexity index is 2270. The van der Waals surface area contributed by atoms with E-state index >= 15 is 0 Å². The third-order valence-electron chi connectivity index (χ3n) is 11.1. The van der Waals surface area contributed by atoms with Crippen molar-refractivity contribution in [2.45, 2.75) is 26.1 Å². The van der Waals surface area contributed by atoms with Crippen molar-refractivity contribution in [1.82, 2.24) is 4.98 Å². The van der Waals surface area contributed by atoms with Gasteiger partial charge in [-0.05, 0) is 103 Å². The number of hydrogen-bond acceptors (Lipinski definition) is 7. The van der Waals surface area contributed by atoms with Crippen molar-refractivity contribution in [1.29, 1.82) is 0 Å². The molecule has 0 radical (unpaired) electrons. The Morgan fingerprint density at radius 2 is 1.52 bits per heavy atom. The molecule has 4 aliphatic carbocycles. The van der Waals surface area contributed by atoms with Gasteiger partial charge in [0, 0.05) is 21.0 Å². The molecule has 8 nitrogen and oxygen atoms in total. The first kappa shape index (κ1) is 32.5. The lowest BCUT2D eigenvalue weighted by Crippen LogP contribution is -2.40. The van der Waals surface area contributed by atoms with Gasteiger partial charge in [0.2, 0.25) is 17.6 Å². The highest BCUT2D eigenvalue weighted by Crippen LogP contribution is 2.65. The number of Topliss-reactive ketones (excluding diaryl/α,β-unsaturated/α-hetero) is 1. The molecule has 10 rings (SSSR count). The van der Waals surface area contributed by atoms with Crippen molar-refractivity contribution in [2.75, 3.05) is 4.90 Å². The molecule has 1 aliphatic heterocycles. The number of aromatic nitrogens is 1. The lowest BCUT2D eigenvalue weighted by atomic mass is 9.63. The van der Waals surface area contributed by atoms with E-state index in [2.05, 4.69) is 28.1 Å². The lowest BCUT2D eigenvalue weighted by Gasteiger charge is -2.37. The Balaban J connectivity index is 0.931. The van der Waals surface area contributed by atoms with E-state index < -0.39 is 12.1 Å². The smallest absolute Gasteiger partial charge is 0.339 e. The zero-order valence-corrected chi connectivity index (χ0v) is 29.7. The van der Waals surface area contributed by atoms with E-state index in [1.165, 1.54) is 4.90 Å². The number of nitrogens with zero attached hydrogens (tertiary/aromatic N) is 2. The van der Waals surface area contributed by atoms with E-state index in [0.717, 1.165) is 16.5 Å². The summed E-state index contributed by atoms with van der Waals surface area (Å²) in [5, 5.41) is 0.566. The number of pyridine rings is 1. The minimum absolute atomic E-state index is 0.108. The van der Waals surface area contributed by atoms with Gasteiger partial charge in [-0.1, -0.05) is 70.5 Å². The van der Waals surface area contributed by atoms with Gasteiger partial charge in [-0.15, -0.1) is 0 Å². The molecule has 1 saturated heterocycles. The first-order valence-corrected chi connectivity index (χ1v) is 18.3. The number of benzene rings is 4. The number of allylic oxidation sites excluding steroid dienone is 2. The topological polar surface area (TPSA) is 103 Å². The van der Waals surface area contributed by atoms with Gasteiger partial charge < -0.3 is 9.47 Å². The molecule has 52 heavy (non-hydrogen) atoms. The number of ketones is 1. The third kappa shape index (κ3) is 5.55. The highest BCUT2D eigenvalue weighted by atomic mass is 79.9. The van der Waals surface area contributed by atoms with E-state index in [0.29, 0.717) is 57.6 Å². The second-order valence-corrected chi connectivity index (χ2v) is 15.1. The maximum atomic E-state index is 13.8. The van der Waals surface area contributed by atoms with Gasteiger partial charge in [0.05, 0.1) is 34.3 Å². The summed E-state index contributed by atoms with van der Waals surface area (Å²) in [4.78, 5) is 60.6. The quantitative estimate of drug-likeness (QED) is 0.0647. The summed E-state index contributed by atoms with van der Waals surface area (Å²) >= 11 is 3.50. The van der Waals surface area contributed by atoms with Crippen LogP contribution in [0.1, 0.15) is 39.6 Å². The van der Waals surface area contributed by atoms with Gasteiger partial charge in [-0.3, -0.25) is 19.3 Å². The molecule has 258 valence electrons. The molecule has 9 heteroatoms. The van der Waals surface area contributed by atoms with Gasteiger partial charge in [-0.2, -0.15) is 0 Å². The normalized spacial score (nSPS) is 24.4. The van der Waals surface area contributed by atoms with Crippen LogP contribution in [0.2, 0.25) is 0 Å². The summed E-state index contributed by atoms with van der Waals surface area (Å²) in [5.74, 6) is 0.245. The number of carbonyl (C=O) groups is 4. The van der Waals surface area contributed by atoms with Crippen LogP contribution in [0.15, 0.2) is 120 Å². The summed E-state index contributed by atoms with van der Waals surface area (Å²) < 4.78 is 12.4.